The Kier molecular flexibility index (Phi) is 4.42. The van der Waals surface area contributed by atoms with Gasteiger partial charge in [0, 0.05) is 11.8 Å². The summed E-state index contributed by atoms with van der Waals surface area (Å²) in [5.41, 5.74) is 1.36. The zero-order valence-electron chi connectivity index (χ0n) is 10.7. The average molecular weight is 301 g/mol. The van der Waals surface area contributed by atoms with Crippen molar-refractivity contribution >= 4 is 0 Å². The number of pyridine rings is 1. The van der Waals surface area contributed by atoms with Crippen molar-refractivity contribution in [1.82, 2.24) is 4.98 Å². The van der Waals surface area contributed by atoms with Gasteiger partial charge in [-0.25, -0.2) is 4.98 Å². The highest BCUT2D eigenvalue weighted by atomic mass is 19.4. The molecule has 112 valence electrons. The SMILES string of the molecule is OCc1cc(OCC(F)(F)F)cc(-c2ccc(F)nc2)c1. The predicted molar refractivity (Wildman–Crippen MR) is 67.1 cm³/mol. The Morgan fingerprint density at radius 1 is 1.10 bits per heavy atom. The molecular formula is C14H11F4NO2. The van der Waals surface area contributed by atoms with Crippen molar-refractivity contribution < 1.29 is 27.4 Å². The van der Waals surface area contributed by atoms with E-state index in [1.807, 2.05) is 0 Å². The third-order valence-electron chi connectivity index (χ3n) is 2.61. The summed E-state index contributed by atoms with van der Waals surface area (Å²) < 4.78 is 53.9. The summed E-state index contributed by atoms with van der Waals surface area (Å²) in [6, 6.07) is 6.82. The van der Waals surface area contributed by atoms with Crippen molar-refractivity contribution in [2.75, 3.05) is 6.61 Å². The molecule has 1 heterocycles. The molecule has 1 aromatic heterocycles. The van der Waals surface area contributed by atoms with E-state index in [0.29, 0.717) is 16.7 Å². The average Bonchev–Trinajstić information content (AvgIpc) is 2.45. The highest BCUT2D eigenvalue weighted by Gasteiger charge is 2.28. The Labute approximate surface area is 117 Å². The van der Waals surface area contributed by atoms with E-state index < -0.39 is 18.7 Å². The van der Waals surface area contributed by atoms with Gasteiger partial charge in [0.25, 0.3) is 0 Å². The van der Waals surface area contributed by atoms with E-state index in [9.17, 15) is 17.6 Å². The van der Waals surface area contributed by atoms with Crippen molar-refractivity contribution in [3.63, 3.8) is 0 Å². The van der Waals surface area contributed by atoms with E-state index in [4.69, 9.17) is 5.11 Å². The molecule has 0 radical (unpaired) electrons. The molecule has 0 aliphatic carbocycles. The largest absolute Gasteiger partial charge is 0.484 e. The van der Waals surface area contributed by atoms with Crippen LogP contribution in [0.5, 0.6) is 5.75 Å². The third-order valence-corrected chi connectivity index (χ3v) is 2.61. The minimum absolute atomic E-state index is 0.0294. The molecule has 0 saturated carbocycles. The van der Waals surface area contributed by atoms with E-state index in [0.717, 1.165) is 6.07 Å². The summed E-state index contributed by atoms with van der Waals surface area (Å²) in [6.07, 6.45) is -3.20. The number of alkyl halides is 3. The molecule has 0 amide bonds. The van der Waals surface area contributed by atoms with Gasteiger partial charge in [-0.1, -0.05) is 0 Å². The molecule has 0 saturated heterocycles. The second-order valence-corrected chi connectivity index (χ2v) is 4.30. The lowest BCUT2D eigenvalue weighted by Gasteiger charge is -2.12. The first-order chi connectivity index (χ1) is 9.87. The smallest absolute Gasteiger partial charge is 0.422 e. The number of hydrogen-bond acceptors (Lipinski definition) is 3. The highest BCUT2D eigenvalue weighted by Crippen LogP contribution is 2.27. The van der Waals surface area contributed by atoms with E-state index in [1.165, 1.54) is 24.4 Å². The quantitative estimate of drug-likeness (QED) is 0.696. The summed E-state index contributed by atoms with van der Waals surface area (Å²) in [6.45, 7) is -1.78. The Morgan fingerprint density at radius 3 is 2.43 bits per heavy atom. The lowest BCUT2D eigenvalue weighted by atomic mass is 10.0. The lowest BCUT2D eigenvalue weighted by Crippen LogP contribution is -2.19. The number of nitrogens with zero attached hydrogens (tertiary/aromatic N) is 1. The first-order valence-electron chi connectivity index (χ1n) is 5.94. The highest BCUT2D eigenvalue weighted by molar-refractivity contribution is 5.65. The zero-order chi connectivity index (χ0) is 15.5. The maximum absolute atomic E-state index is 12.8. The molecule has 0 aliphatic heterocycles. The number of rotatable bonds is 4. The molecule has 0 atom stereocenters. The molecule has 0 aliphatic rings. The molecule has 2 aromatic rings. The third kappa shape index (κ3) is 4.42. The van der Waals surface area contributed by atoms with Gasteiger partial charge in [-0.05, 0) is 41.5 Å². The van der Waals surface area contributed by atoms with Crippen molar-refractivity contribution in [3.05, 3.63) is 48.0 Å². The molecule has 1 N–H and O–H groups in total. The lowest BCUT2D eigenvalue weighted by molar-refractivity contribution is -0.153. The van der Waals surface area contributed by atoms with E-state index in [-0.39, 0.29) is 12.4 Å². The number of aliphatic hydroxyl groups is 1. The second kappa shape index (κ2) is 6.09. The van der Waals surface area contributed by atoms with Crippen LogP contribution in [0.4, 0.5) is 17.6 Å². The van der Waals surface area contributed by atoms with Crippen LogP contribution < -0.4 is 4.74 Å². The summed E-state index contributed by atoms with van der Waals surface area (Å²) in [5.74, 6) is -0.691. The monoisotopic (exact) mass is 301 g/mol. The maximum Gasteiger partial charge on any atom is 0.422 e. The summed E-state index contributed by atoms with van der Waals surface area (Å²) >= 11 is 0. The minimum Gasteiger partial charge on any atom is -0.484 e. The van der Waals surface area contributed by atoms with Gasteiger partial charge in [-0.15, -0.1) is 0 Å². The van der Waals surface area contributed by atoms with Crippen molar-refractivity contribution in [2.45, 2.75) is 12.8 Å². The van der Waals surface area contributed by atoms with Crippen LogP contribution in [-0.2, 0) is 6.61 Å². The Balaban J connectivity index is 2.31. The van der Waals surface area contributed by atoms with Crippen LogP contribution in [0.25, 0.3) is 11.1 Å². The molecule has 0 spiro atoms. The van der Waals surface area contributed by atoms with Crippen molar-refractivity contribution in [3.8, 4) is 16.9 Å². The molecule has 21 heavy (non-hydrogen) atoms. The number of benzene rings is 1. The molecule has 3 nitrogen and oxygen atoms in total. The van der Waals surface area contributed by atoms with Gasteiger partial charge in [0.05, 0.1) is 6.61 Å². The van der Waals surface area contributed by atoms with Gasteiger partial charge in [0.2, 0.25) is 5.95 Å². The van der Waals surface area contributed by atoms with E-state index >= 15 is 0 Å². The molecule has 0 bridgehead atoms. The number of hydrogen-bond donors (Lipinski definition) is 1. The van der Waals surface area contributed by atoms with Gasteiger partial charge in [-0.3, -0.25) is 0 Å². The van der Waals surface area contributed by atoms with Crippen LogP contribution in [0.1, 0.15) is 5.56 Å². The van der Waals surface area contributed by atoms with E-state index in [1.54, 1.807) is 6.07 Å². The molecular weight excluding hydrogens is 290 g/mol. The minimum atomic E-state index is -4.45. The zero-order valence-corrected chi connectivity index (χ0v) is 10.7. The topological polar surface area (TPSA) is 42.4 Å². The van der Waals surface area contributed by atoms with Crippen molar-refractivity contribution in [1.29, 1.82) is 0 Å². The normalized spacial score (nSPS) is 11.5. The number of halogens is 4. The van der Waals surface area contributed by atoms with Crippen LogP contribution in [0.15, 0.2) is 36.5 Å². The fourth-order valence-corrected chi connectivity index (χ4v) is 1.71. The maximum atomic E-state index is 12.8. The van der Waals surface area contributed by atoms with Crippen LogP contribution in [0.2, 0.25) is 0 Å². The number of aromatic nitrogens is 1. The van der Waals surface area contributed by atoms with Crippen LogP contribution in [0, 0.1) is 5.95 Å². The van der Waals surface area contributed by atoms with Gasteiger partial charge in [-0.2, -0.15) is 17.6 Å². The molecule has 0 fully saturated rings. The second-order valence-electron chi connectivity index (χ2n) is 4.30. The predicted octanol–water partition coefficient (Wildman–Crippen LogP) is 3.32. The summed E-state index contributed by atoms with van der Waals surface area (Å²) in [7, 11) is 0. The number of aliphatic hydroxyl groups excluding tert-OH is 1. The molecule has 2 rings (SSSR count). The van der Waals surface area contributed by atoms with Gasteiger partial charge < -0.3 is 9.84 Å². The fourth-order valence-electron chi connectivity index (χ4n) is 1.71. The van der Waals surface area contributed by atoms with E-state index in [2.05, 4.69) is 9.72 Å². The van der Waals surface area contributed by atoms with Crippen LogP contribution in [0.3, 0.4) is 0 Å². The van der Waals surface area contributed by atoms with Gasteiger partial charge in [0.15, 0.2) is 6.61 Å². The Bertz CT molecular complexity index is 611. The molecule has 0 unspecified atom stereocenters. The Hall–Kier alpha value is -2.15. The van der Waals surface area contributed by atoms with Crippen LogP contribution >= 0.6 is 0 Å². The first kappa shape index (κ1) is 15.2. The Morgan fingerprint density at radius 2 is 1.86 bits per heavy atom. The summed E-state index contributed by atoms with van der Waals surface area (Å²) in [4.78, 5) is 3.48. The van der Waals surface area contributed by atoms with Crippen LogP contribution in [-0.4, -0.2) is 22.9 Å². The fraction of sp³-hybridized carbons (Fsp3) is 0.214. The standard InChI is InChI=1S/C14H11F4NO2/c15-13-2-1-10(6-19-13)11-3-9(7-20)4-12(5-11)21-8-14(16,17)18/h1-6,20H,7-8H2. The summed E-state index contributed by atoms with van der Waals surface area (Å²) in [5, 5.41) is 9.15. The number of ether oxygens (including phenoxy) is 1. The van der Waals surface area contributed by atoms with Gasteiger partial charge in [0.1, 0.15) is 5.75 Å². The first-order valence-corrected chi connectivity index (χ1v) is 5.94. The molecule has 1 aromatic carbocycles. The van der Waals surface area contributed by atoms with Gasteiger partial charge >= 0.3 is 6.18 Å². The molecule has 7 heteroatoms. The van der Waals surface area contributed by atoms with Crippen molar-refractivity contribution in [2.24, 2.45) is 0 Å².